The van der Waals surface area contributed by atoms with Crippen molar-refractivity contribution < 1.29 is 4.92 Å². The molecule has 0 radical (unpaired) electrons. The number of nitrogens with zero attached hydrogens (tertiary/aromatic N) is 2. The number of aryl methyl sites for hydroxylation is 1. The van der Waals surface area contributed by atoms with Gasteiger partial charge in [0.15, 0.2) is 0 Å². The Morgan fingerprint density at radius 3 is 2.57 bits per heavy atom. The normalized spacial score (nSPS) is 10.4. The minimum atomic E-state index is -0.361. The van der Waals surface area contributed by atoms with Crippen molar-refractivity contribution in [3.63, 3.8) is 0 Å². The third kappa shape index (κ3) is 3.69. The van der Waals surface area contributed by atoms with Crippen LogP contribution in [0.2, 0.25) is 0 Å². The van der Waals surface area contributed by atoms with Crippen molar-refractivity contribution in [2.24, 2.45) is 0 Å². The molecule has 0 aliphatic carbocycles. The van der Waals surface area contributed by atoms with Crippen LogP contribution in [0.4, 0.5) is 17.1 Å². The Balaban J connectivity index is 2.18. The molecule has 1 aromatic carbocycles. The van der Waals surface area contributed by atoms with Crippen molar-refractivity contribution in [2.45, 2.75) is 26.8 Å². The second kappa shape index (κ2) is 7.03. The summed E-state index contributed by atoms with van der Waals surface area (Å²) in [6, 6.07) is 5.23. The lowest BCUT2D eigenvalue weighted by Gasteiger charge is -2.09. The Bertz CT molecular complexity index is 627. The van der Waals surface area contributed by atoms with Gasteiger partial charge in [-0.25, -0.2) is 4.98 Å². The molecule has 2 rings (SSSR count). The highest BCUT2D eigenvalue weighted by Crippen LogP contribution is 2.33. The Hall–Kier alpha value is -2.15. The molecule has 1 aromatic heterocycles. The molecular weight excluding hydrogens is 288 g/mol. The molecule has 0 saturated heterocycles. The van der Waals surface area contributed by atoms with Crippen molar-refractivity contribution in [3.8, 4) is 0 Å². The highest BCUT2D eigenvalue weighted by molar-refractivity contribution is 7.11. The molecule has 0 aliphatic heterocycles. The van der Waals surface area contributed by atoms with Crippen molar-refractivity contribution in [3.05, 3.63) is 44.4 Å². The first kappa shape index (κ1) is 15.2. The third-order valence-corrected chi connectivity index (χ3v) is 4.11. The summed E-state index contributed by atoms with van der Waals surface area (Å²) in [5, 5.41) is 18.3. The van der Waals surface area contributed by atoms with Gasteiger partial charge in [-0.1, -0.05) is 13.0 Å². The molecule has 0 fully saturated rings. The minimum Gasteiger partial charge on any atom is -0.380 e. The molecular formula is C14H18N4O2S. The van der Waals surface area contributed by atoms with E-state index in [9.17, 15) is 10.1 Å². The fourth-order valence-electron chi connectivity index (χ4n) is 1.98. The number of nitro groups is 1. The maximum atomic E-state index is 11.3. The van der Waals surface area contributed by atoms with Crippen LogP contribution in [0.15, 0.2) is 24.4 Å². The van der Waals surface area contributed by atoms with Crippen LogP contribution in [-0.2, 0) is 13.0 Å². The number of benzene rings is 1. The first-order chi connectivity index (χ1) is 10.2. The van der Waals surface area contributed by atoms with Crippen LogP contribution >= 0.6 is 11.3 Å². The van der Waals surface area contributed by atoms with Gasteiger partial charge in [-0.3, -0.25) is 10.1 Å². The van der Waals surface area contributed by atoms with E-state index in [0.29, 0.717) is 24.5 Å². The van der Waals surface area contributed by atoms with E-state index in [1.807, 2.05) is 13.1 Å². The summed E-state index contributed by atoms with van der Waals surface area (Å²) >= 11 is 1.62. The van der Waals surface area contributed by atoms with Crippen LogP contribution in [0.1, 0.15) is 23.7 Å². The fourth-order valence-corrected chi connectivity index (χ4v) is 2.78. The second-order valence-electron chi connectivity index (χ2n) is 4.42. The quantitative estimate of drug-likeness (QED) is 0.603. The molecule has 112 valence electrons. The van der Waals surface area contributed by atoms with Gasteiger partial charge in [-0.2, -0.15) is 0 Å². The van der Waals surface area contributed by atoms with Gasteiger partial charge >= 0.3 is 5.69 Å². The second-order valence-corrected chi connectivity index (χ2v) is 5.62. The number of aromatic nitrogens is 1. The van der Waals surface area contributed by atoms with E-state index in [-0.39, 0.29) is 10.6 Å². The van der Waals surface area contributed by atoms with Gasteiger partial charge in [-0.15, -0.1) is 11.3 Å². The Labute approximate surface area is 127 Å². The molecule has 6 nitrogen and oxygen atoms in total. The van der Waals surface area contributed by atoms with Gasteiger partial charge in [0.1, 0.15) is 16.4 Å². The summed E-state index contributed by atoms with van der Waals surface area (Å²) in [6.45, 7) is 5.11. The number of thiazole rings is 1. The van der Waals surface area contributed by atoms with E-state index in [1.165, 1.54) is 4.88 Å². The van der Waals surface area contributed by atoms with Gasteiger partial charge in [0.25, 0.3) is 0 Å². The molecule has 0 amide bonds. The van der Waals surface area contributed by atoms with Crippen LogP contribution in [-0.4, -0.2) is 16.5 Å². The SMILES string of the molecule is CCNc1cccc(NCc2ncc(CC)s2)c1[N+](=O)[O-]. The first-order valence-electron chi connectivity index (χ1n) is 6.84. The minimum absolute atomic E-state index is 0.0756. The van der Waals surface area contributed by atoms with Crippen molar-refractivity contribution >= 4 is 28.4 Å². The summed E-state index contributed by atoms with van der Waals surface area (Å²) in [4.78, 5) is 16.4. The zero-order valence-corrected chi connectivity index (χ0v) is 12.9. The summed E-state index contributed by atoms with van der Waals surface area (Å²) < 4.78 is 0. The van der Waals surface area contributed by atoms with E-state index < -0.39 is 0 Å². The standard InChI is InChI=1S/C14H18N4O2S/c1-3-10-8-17-13(21-10)9-16-12-7-5-6-11(15-4-2)14(12)18(19)20/h5-8,15-16H,3-4,9H2,1-2H3. The number of anilines is 2. The predicted octanol–water partition coefficient (Wildman–Crippen LogP) is 3.66. The average molecular weight is 306 g/mol. The summed E-state index contributed by atoms with van der Waals surface area (Å²) in [5.74, 6) is 0. The van der Waals surface area contributed by atoms with E-state index >= 15 is 0 Å². The van der Waals surface area contributed by atoms with Gasteiger partial charge in [0.2, 0.25) is 0 Å². The number of hydrogen-bond acceptors (Lipinski definition) is 6. The zero-order valence-electron chi connectivity index (χ0n) is 12.0. The fraction of sp³-hybridized carbons (Fsp3) is 0.357. The monoisotopic (exact) mass is 306 g/mol. The number of rotatable bonds is 7. The largest absolute Gasteiger partial charge is 0.380 e. The van der Waals surface area contributed by atoms with Crippen molar-refractivity contribution in [1.82, 2.24) is 4.98 Å². The number of hydrogen-bond donors (Lipinski definition) is 2. The van der Waals surface area contributed by atoms with Crippen molar-refractivity contribution in [2.75, 3.05) is 17.2 Å². The number of nitro benzene ring substituents is 1. The molecule has 21 heavy (non-hydrogen) atoms. The van der Waals surface area contributed by atoms with Gasteiger partial charge in [-0.05, 0) is 25.5 Å². The molecule has 1 heterocycles. The lowest BCUT2D eigenvalue weighted by Crippen LogP contribution is -2.06. The van der Waals surface area contributed by atoms with Crippen LogP contribution in [0.3, 0.4) is 0 Å². The predicted molar refractivity (Wildman–Crippen MR) is 86.1 cm³/mol. The first-order valence-corrected chi connectivity index (χ1v) is 7.66. The van der Waals surface area contributed by atoms with E-state index in [2.05, 4.69) is 22.5 Å². The van der Waals surface area contributed by atoms with E-state index in [4.69, 9.17) is 0 Å². The summed E-state index contributed by atoms with van der Waals surface area (Å²) in [5.41, 5.74) is 1.11. The van der Waals surface area contributed by atoms with Crippen molar-refractivity contribution in [1.29, 1.82) is 0 Å². The smallest absolute Gasteiger partial charge is 0.315 e. The number of para-hydroxylation sites is 1. The van der Waals surface area contributed by atoms with E-state index in [0.717, 1.165) is 11.4 Å². The highest BCUT2D eigenvalue weighted by Gasteiger charge is 2.19. The average Bonchev–Trinajstić information content (AvgIpc) is 2.93. The van der Waals surface area contributed by atoms with Gasteiger partial charge in [0, 0.05) is 17.6 Å². The Morgan fingerprint density at radius 1 is 1.29 bits per heavy atom. The van der Waals surface area contributed by atoms with Gasteiger partial charge in [0.05, 0.1) is 11.5 Å². The molecule has 0 spiro atoms. The number of nitrogens with one attached hydrogen (secondary N) is 2. The summed E-state index contributed by atoms with van der Waals surface area (Å²) in [6.07, 6.45) is 2.80. The topological polar surface area (TPSA) is 80.1 Å². The molecule has 2 N–H and O–H groups in total. The lowest BCUT2D eigenvalue weighted by molar-refractivity contribution is -0.383. The molecule has 0 unspecified atom stereocenters. The molecule has 2 aromatic rings. The third-order valence-electron chi connectivity index (χ3n) is 2.97. The van der Waals surface area contributed by atoms with Gasteiger partial charge < -0.3 is 10.6 Å². The van der Waals surface area contributed by atoms with Crippen LogP contribution in [0, 0.1) is 10.1 Å². The Morgan fingerprint density at radius 2 is 2.00 bits per heavy atom. The molecule has 0 aliphatic rings. The molecule has 0 saturated carbocycles. The van der Waals surface area contributed by atoms with Crippen LogP contribution in [0.5, 0.6) is 0 Å². The lowest BCUT2D eigenvalue weighted by atomic mass is 10.2. The van der Waals surface area contributed by atoms with Crippen LogP contribution < -0.4 is 10.6 Å². The molecule has 7 heteroatoms. The van der Waals surface area contributed by atoms with E-state index in [1.54, 1.807) is 29.5 Å². The van der Waals surface area contributed by atoms with Crippen LogP contribution in [0.25, 0.3) is 0 Å². The Kier molecular flexibility index (Phi) is 5.10. The molecule has 0 bridgehead atoms. The maximum Gasteiger partial charge on any atom is 0.315 e. The molecule has 0 atom stereocenters. The summed E-state index contributed by atoms with van der Waals surface area (Å²) in [7, 11) is 0. The highest BCUT2D eigenvalue weighted by atomic mass is 32.1. The maximum absolute atomic E-state index is 11.3. The zero-order chi connectivity index (χ0) is 15.2.